The Morgan fingerprint density at radius 1 is 1.10 bits per heavy atom. The van der Waals surface area contributed by atoms with E-state index in [-0.39, 0.29) is 17.4 Å². The molecule has 1 atom stereocenters. The molecule has 2 fully saturated rings. The molecule has 6 heteroatoms. The van der Waals surface area contributed by atoms with E-state index in [0.29, 0.717) is 22.2 Å². The van der Waals surface area contributed by atoms with Gasteiger partial charge in [-0.25, -0.2) is 0 Å². The largest absolute Gasteiger partial charge is 0.347 e. The number of benzene rings is 1. The zero-order chi connectivity index (χ0) is 21.2. The number of nitrogens with zero attached hydrogens (tertiary/aromatic N) is 2. The van der Waals surface area contributed by atoms with Gasteiger partial charge in [0, 0.05) is 36.8 Å². The van der Waals surface area contributed by atoms with Crippen molar-refractivity contribution in [3.8, 4) is 0 Å². The Bertz CT molecular complexity index is 751. The van der Waals surface area contributed by atoms with E-state index in [2.05, 4.69) is 17.1 Å². The van der Waals surface area contributed by atoms with E-state index >= 15 is 0 Å². The van der Waals surface area contributed by atoms with Crippen LogP contribution in [-0.2, 0) is 0 Å². The Labute approximate surface area is 179 Å². The fraction of sp³-hybridized carbons (Fsp3) is 0.652. The lowest BCUT2D eigenvalue weighted by Gasteiger charge is -2.41. The van der Waals surface area contributed by atoms with E-state index in [9.17, 15) is 9.59 Å². The highest BCUT2D eigenvalue weighted by Gasteiger charge is 2.30. The summed E-state index contributed by atoms with van der Waals surface area (Å²) in [5, 5.41) is 3.25. The molecule has 3 rings (SSSR count). The van der Waals surface area contributed by atoms with Crippen molar-refractivity contribution in [1.29, 1.82) is 0 Å². The van der Waals surface area contributed by atoms with Gasteiger partial charge in [-0.15, -0.1) is 0 Å². The maximum Gasteiger partial charge on any atom is 0.255 e. The molecule has 0 bridgehead atoms. The molecule has 0 saturated carbocycles. The first kappa shape index (κ1) is 22.1. The zero-order valence-corrected chi connectivity index (χ0v) is 18.9. The second-order valence-electron chi connectivity index (χ2n) is 9.66. The minimum absolute atomic E-state index is 0.0387. The van der Waals surface area contributed by atoms with E-state index < -0.39 is 0 Å². The van der Waals surface area contributed by atoms with Crippen LogP contribution in [0, 0.1) is 5.92 Å². The van der Waals surface area contributed by atoms with Gasteiger partial charge in [0.1, 0.15) is 0 Å². The third kappa shape index (κ3) is 5.73. The summed E-state index contributed by atoms with van der Waals surface area (Å²) in [7, 11) is 0. The van der Waals surface area contributed by atoms with Crippen LogP contribution in [0.2, 0.25) is 5.02 Å². The first-order valence-electron chi connectivity index (χ1n) is 10.8. The standard InChI is InChI=1S/C23H34ClN3O2/c1-16-6-5-11-27(15-16)18-9-12-26(13-10-18)22(29)19-8-7-17(14-20(19)24)21(28)25-23(2,3)4/h7-8,14,16,18H,5-6,9-13,15H2,1-4H3,(H,25,28)/t16-/m1/s1. The third-order valence-corrected chi connectivity index (χ3v) is 6.22. The smallest absolute Gasteiger partial charge is 0.255 e. The predicted molar refractivity (Wildman–Crippen MR) is 118 cm³/mol. The molecule has 1 aromatic carbocycles. The number of nitrogens with one attached hydrogen (secondary N) is 1. The maximum atomic E-state index is 13.0. The molecule has 0 radical (unpaired) electrons. The molecular weight excluding hydrogens is 386 g/mol. The van der Waals surface area contributed by atoms with Crippen molar-refractivity contribution < 1.29 is 9.59 Å². The molecule has 29 heavy (non-hydrogen) atoms. The Balaban J connectivity index is 1.60. The van der Waals surface area contributed by atoms with Crippen LogP contribution in [0.4, 0.5) is 0 Å². The van der Waals surface area contributed by atoms with Gasteiger partial charge < -0.3 is 10.2 Å². The van der Waals surface area contributed by atoms with Crippen molar-refractivity contribution in [2.45, 2.75) is 65.0 Å². The summed E-state index contributed by atoms with van der Waals surface area (Å²) in [5.41, 5.74) is 0.623. The van der Waals surface area contributed by atoms with Crippen molar-refractivity contribution in [2.24, 2.45) is 5.92 Å². The average molecular weight is 420 g/mol. The summed E-state index contributed by atoms with van der Waals surface area (Å²) < 4.78 is 0. The van der Waals surface area contributed by atoms with Crippen LogP contribution in [0.1, 0.15) is 74.1 Å². The summed E-state index contributed by atoms with van der Waals surface area (Å²) in [4.78, 5) is 29.8. The molecule has 0 aromatic heterocycles. The second-order valence-corrected chi connectivity index (χ2v) is 10.1. The average Bonchev–Trinajstić information content (AvgIpc) is 2.66. The topological polar surface area (TPSA) is 52.7 Å². The van der Waals surface area contributed by atoms with Gasteiger partial charge in [0.25, 0.3) is 11.8 Å². The lowest BCUT2D eigenvalue weighted by molar-refractivity contribution is 0.0542. The molecule has 1 N–H and O–H groups in total. The van der Waals surface area contributed by atoms with Crippen LogP contribution in [0.25, 0.3) is 0 Å². The monoisotopic (exact) mass is 419 g/mol. The third-order valence-electron chi connectivity index (χ3n) is 5.91. The highest BCUT2D eigenvalue weighted by Crippen LogP contribution is 2.26. The molecule has 0 spiro atoms. The normalized spacial score (nSPS) is 21.8. The number of hydrogen-bond donors (Lipinski definition) is 1. The van der Waals surface area contributed by atoms with Gasteiger partial charge in [0.2, 0.25) is 0 Å². The van der Waals surface area contributed by atoms with Gasteiger partial charge in [-0.05, 0) is 77.1 Å². The molecular formula is C23H34ClN3O2. The van der Waals surface area contributed by atoms with Gasteiger partial charge in [0.05, 0.1) is 10.6 Å². The molecule has 0 aliphatic carbocycles. The molecule has 2 saturated heterocycles. The van der Waals surface area contributed by atoms with Crippen molar-refractivity contribution in [3.05, 3.63) is 34.3 Å². The number of piperidine rings is 2. The van der Waals surface area contributed by atoms with Crippen LogP contribution in [-0.4, -0.2) is 59.4 Å². The lowest BCUT2D eigenvalue weighted by atomic mass is 9.95. The highest BCUT2D eigenvalue weighted by molar-refractivity contribution is 6.34. The number of carbonyl (C=O) groups excluding carboxylic acids is 2. The number of rotatable bonds is 3. The number of hydrogen-bond acceptors (Lipinski definition) is 3. The minimum atomic E-state index is -0.325. The summed E-state index contributed by atoms with van der Waals surface area (Å²) in [6.07, 6.45) is 4.64. The van der Waals surface area contributed by atoms with E-state index in [1.807, 2.05) is 25.7 Å². The van der Waals surface area contributed by atoms with Crippen molar-refractivity contribution in [1.82, 2.24) is 15.1 Å². The van der Waals surface area contributed by atoms with Crippen molar-refractivity contribution in [2.75, 3.05) is 26.2 Å². The quantitative estimate of drug-likeness (QED) is 0.798. The molecule has 0 unspecified atom stereocenters. The first-order valence-corrected chi connectivity index (χ1v) is 11.2. The minimum Gasteiger partial charge on any atom is -0.347 e. The fourth-order valence-electron chi connectivity index (χ4n) is 4.40. The van der Waals surface area contributed by atoms with Gasteiger partial charge in [0.15, 0.2) is 0 Å². The SMILES string of the molecule is C[C@@H]1CCCN(C2CCN(C(=O)c3ccc(C(=O)NC(C)(C)C)cc3Cl)CC2)C1. The summed E-state index contributed by atoms with van der Waals surface area (Å²) >= 11 is 6.39. The zero-order valence-electron chi connectivity index (χ0n) is 18.1. The number of halogens is 1. The predicted octanol–water partition coefficient (Wildman–Crippen LogP) is 4.20. The van der Waals surface area contributed by atoms with E-state index in [4.69, 9.17) is 11.6 Å². The summed E-state index contributed by atoms with van der Waals surface area (Å²) in [6.45, 7) is 12.0. The van der Waals surface area contributed by atoms with Crippen LogP contribution < -0.4 is 5.32 Å². The maximum absolute atomic E-state index is 13.0. The molecule has 2 amide bonds. The summed E-state index contributed by atoms with van der Waals surface area (Å²) in [6, 6.07) is 5.54. The van der Waals surface area contributed by atoms with E-state index in [1.54, 1.807) is 18.2 Å². The fourth-order valence-corrected chi connectivity index (χ4v) is 4.67. The van der Waals surface area contributed by atoms with Crippen molar-refractivity contribution >= 4 is 23.4 Å². The van der Waals surface area contributed by atoms with Crippen LogP contribution in [0.15, 0.2) is 18.2 Å². The Morgan fingerprint density at radius 3 is 2.38 bits per heavy atom. The molecule has 160 valence electrons. The number of likely N-dealkylation sites (tertiary alicyclic amines) is 2. The van der Waals surface area contributed by atoms with Gasteiger partial charge in [-0.1, -0.05) is 18.5 Å². The number of carbonyl (C=O) groups is 2. The Hall–Kier alpha value is -1.59. The van der Waals surface area contributed by atoms with Gasteiger partial charge in [-0.2, -0.15) is 0 Å². The molecule has 2 aliphatic rings. The van der Waals surface area contributed by atoms with Crippen molar-refractivity contribution in [3.63, 3.8) is 0 Å². The molecule has 2 heterocycles. The first-order chi connectivity index (χ1) is 13.6. The Morgan fingerprint density at radius 2 is 1.79 bits per heavy atom. The Kier molecular flexibility index (Phi) is 6.90. The summed E-state index contributed by atoms with van der Waals surface area (Å²) in [5.74, 6) is 0.550. The number of amides is 2. The van der Waals surface area contributed by atoms with Crippen LogP contribution in [0.3, 0.4) is 0 Å². The highest BCUT2D eigenvalue weighted by atomic mass is 35.5. The molecule has 2 aliphatic heterocycles. The van der Waals surface area contributed by atoms with E-state index in [1.165, 1.54) is 25.9 Å². The van der Waals surface area contributed by atoms with Crippen LogP contribution in [0.5, 0.6) is 0 Å². The van der Waals surface area contributed by atoms with Crippen LogP contribution >= 0.6 is 11.6 Å². The van der Waals surface area contributed by atoms with Gasteiger partial charge in [-0.3, -0.25) is 14.5 Å². The van der Waals surface area contributed by atoms with E-state index in [0.717, 1.165) is 31.8 Å². The molecule has 1 aromatic rings. The van der Waals surface area contributed by atoms with Gasteiger partial charge >= 0.3 is 0 Å². The molecule has 5 nitrogen and oxygen atoms in total. The second kappa shape index (κ2) is 9.05. The lowest BCUT2D eigenvalue weighted by Crippen LogP contribution is -2.49.